The van der Waals surface area contributed by atoms with Gasteiger partial charge in [0.1, 0.15) is 12.1 Å². The van der Waals surface area contributed by atoms with Crippen molar-refractivity contribution in [1.82, 2.24) is 0 Å². The fraction of sp³-hybridized carbons (Fsp3) is 0.417. The van der Waals surface area contributed by atoms with E-state index in [2.05, 4.69) is 0 Å². The second-order valence-corrected chi connectivity index (χ2v) is 3.55. The van der Waals surface area contributed by atoms with E-state index in [0.717, 1.165) is 17.4 Å². The van der Waals surface area contributed by atoms with Crippen LogP contribution in [-0.4, -0.2) is 6.29 Å². The second-order valence-electron chi connectivity index (χ2n) is 3.55. The Morgan fingerprint density at radius 1 is 1.50 bits per heavy atom. The largest absolute Gasteiger partial charge is 0.303 e. The summed E-state index contributed by atoms with van der Waals surface area (Å²) in [5.74, 6) is -0.204. The van der Waals surface area contributed by atoms with Gasteiger partial charge in [0.2, 0.25) is 0 Å². The molecular formula is C12H15FO. The highest BCUT2D eigenvalue weighted by molar-refractivity contribution is 5.54. The van der Waals surface area contributed by atoms with Crippen LogP contribution in [0, 0.1) is 11.7 Å². The van der Waals surface area contributed by atoms with Gasteiger partial charge in [-0.05, 0) is 30.0 Å². The van der Waals surface area contributed by atoms with Crippen LogP contribution >= 0.6 is 0 Å². The van der Waals surface area contributed by atoms with Gasteiger partial charge in [-0.25, -0.2) is 4.39 Å². The molecule has 0 N–H and O–H groups in total. The molecule has 2 heteroatoms. The predicted molar refractivity (Wildman–Crippen MR) is 54.7 cm³/mol. The molecule has 0 saturated heterocycles. The third-order valence-corrected chi connectivity index (χ3v) is 2.34. The SMILES string of the molecule is CCc1c(F)cccc1CC(C)C=O. The van der Waals surface area contributed by atoms with Gasteiger partial charge in [0.15, 0.2) is 0 Å². The average molecular weight is 194 g/mol. The zero-order valence-corrected chi connectivity index (χ0v) is 8.59. The van der Waals surface area contributed by atoms with E-state index in [0.29, 0.717) is 12.8 Å². The highest BCUT2D eigenvalue weighted by Gasteiger charge is 2.09. The minimum atomic E-state index is -0.164. The first-order chi connectivity index (χ1) is 6.69. The van der Waals surface area contributed by atoms with Crippen molar-refractivity contribution in [3.05, 3.63) is 35.1 Å². The number of carbonyl (C=O) groups excluding carboxylic acids is 1. The molecular weight excluding hydrogens is 179 g/mol. The number of halogens is 1. The zero-order chi connectivity index (χ0) is 10.6. The number of carbonyl (C=O) groups is 1. The fourth-order valence-electron chi connectivity index (χ4n) is 1.59. The standard InChI is InChI=1S/C12H15FO/c1-3-11-10(7-9(2)8-14)5-4-6-12(11)13/h4-6,8-9H,3,7H2,1-2H3. The number of aldehydes is 1. The Hall–Kier alpha value is -1.18. The first kappa shape index (κ1) is 10.9. The maximum atomic E-state index is 13.3. The zero-order valence-electron chi connectivity index (χ0n) is 8.59. The van der Waals surface area contributed by atoms with Gasteiger partial charge in [-0.15, -0.1) is 0 Å². The summed E-state index contributed by atoms with van der Waals surface area (Å²) in [5, 5.41) is 0. The molecule has 0 aliphatic rings. The first-order valence-electron chi connectivity index (χ1n) is 4.90. The third kappa shape index (κ3) is 2.41. The fourth-order valence-corrected chi connectivity index (χ4v) is 1.59. The van der Waals surface area contributed by atoms with Crippen LogP contribution in [0.2, 0.25) is 0 Å². The van der Waals surface area contributed by atoms with E-state index in [1.54, 1.807) is 6.07 Å². The summed E-state index contributed by atoms with van der Waals surface area (Å²) in [4.78, 5) is 10.5. The Morgan fingerprint density at radius 2 is 2.21 bits per heavy atom. The van der Waals surface area contributed by atoms with Crippen LogP contribution in [0.3, 0.4) is 0 Å². The Morgan fingerprint density at radius 3 is 2.79 bits per heavy atom. The molecule has 0 aliphatic heterocycles. The molecule has 0 bridgehead atoms. The lowest BCUT2D eigenvalue weighted by Gasteiger charge is -2.10. The predicted octanol–water partition coefficient (Wildman–Crippen LogP) is 2.77. The Labute approximate surface area is 83.9 Å². The molecule has 0 aliphatic carbocycles. The van der Waals surface area contributed by atoms with Crippen LogP contribution in [0.15, 0.2) is 18.2 Å². The van der Waals surface area contributed by atoms with Gasteiger partial charge >= 0.3 is 0 Å². The molecule has 1 atom stereocenters. The third-order valence-electron chi connectivity index (χ3n) is 2.34. The summed E-state index contributed by atoms with van der Waals surface area (Å²) in [6.07, 6.45) is 2.21. The molecule has 1 rings (SSSR count). The Kier molecular flexibility index (Phi) is 3.81. The van der Waals surface area contributed by atoms with Gasteiger partial charge in [0, 0.05) is 5.92 Å². The normalized spacial score (nSPS) is 12.5. The molecule has 0 saturated carbocycles. The monoisotopic (exact) mass is 194 g/mol. The highest BCUT2D eigenvalue weighted by atomic mass is 19.1. The average Bonchev–Trinajstić information content (AvgIpc) is 2.18. The second kappa shape index (κ2) is 4.89. The lowest BCUT2D eigenvalue weighted by atomic mass is 9.96. The van der Waals surface area contributed by atoms with Gasteiger partial charge in [-0.3, -0.25) is 0 Å². The molecule has 0 aromatic heterocycles. The highest BCUT2D eigenvalue weighted by Crippen LogP contribution is 2.17. The Balaban J connectivity index is 2.95. The number of benzene rings is 1. The Bertz CT molecular complexity index is 320. The molecule has 76 valence electrons. The van der Waals surface area contributed by atoms with E-state index in [9.17, 15) is 9.18 Å². The lowest BCUT2D eigenvalue weighted by Crippen LogP contribution is -2.04. The molecule has 1 unspecified atom stereocenters. The minimum absolute atomic E-state index is 0.0397. The van der Waals surface area contributed by atoms with Crippen LogP contribution < -0.4 is 0 Å². The molecule has 1 nitrogen and oxygen atoms in total. The van der Waals surface area contributed by atoms with Crippen molar-refractivity contribution in [3.63, 3.8) is 0 Å². The number of hydrogen-bond acceptors (Lipinski definition) is 1. The molecule has 0 heterocycles. The van der Waals surface area contributed by atoms with E-state index in [-0.39, 0.29) is 11.7 Å². The van der Waals surface area contributed by atoms with Gasteiger partial charge < -0.3 is 4.79 Å². The van der Waals surface area contributed by atoms with Crippen molar-refractivity contribution >= 4 is 6.29 Å². The van der Waals surface area contributed by atoms with Gasteiger partial charge in [-0.2, -0.15) is 0 Å². The van der Waals surface area contributed by atoms with E-state index < -0.39 is 0 Å². The summed E-state index contributed by atoms with van der Waals surface area (Å²) < 4.78 is 13.3. The van der Waals surface area contributed by atoms with E-state index >= 15 is 0 Å². The van der Waals surface area contributed by atoms with Crippen LogP contribution in [0.1, 0.15) is 25.0 Å². The van der Waals surface area contributed by atoms with E-state index in [4.69, 9.17) is 0 Å². The van der Waals surface area contributed by atoms with Crippen molar-refractivity contribution in [3.8, 4) is 0 Å². The van der Waals surface area contributed by atoms with Crippen LogP contribution in [-0.2, 0) is 17.6 Å². The molecule has 14 heavy (non-hydrogen) atoms. The topological polar surface area (TPSA) is 17.1 Å². The van der Waals surface area contributed by atoms with E-state index in [1.165, 1.54) is 6.07 Å². The molecule has 1 aromatic rings. The maximum absolute atomic E-state index is 13.3. The molecule has 0 radical (unpaired) electrons. The lowest BCUT2D eigenvalue weighted by molar-refractivity contribution is -0.110. The summed E-state index contributed by atoms with van der Waals surface area (Å²) >= 11 is 0. The minimum Gasteiger partial charge on any atom is -0.303 e. The maximum Gasteiger partial charge on any atom is 0.126 e. The molecule has 1 aromatic carbocycles. The number of rotatable bonds is 4. The quantitative estimate of drug-likeness (QED) is 0.673. The van der Waals surface area contributed by atoms with Crippen LogP contribution in [0.25, 0.3) is 0 Å². The summed E-state index contributed by atoms with van der Waals surface area (Å²) in [6.45, 7) is 3.77. The molecule has 0 amide bonds. The van der Waals surface area contributed by atoms with Gasteiger partial charge in [-0.1, -0.05) is 26.0 Å². The molecule has 0 spiro atoms. The summed E-state index contributed by atoms with van der Waals surface area (Å²) in [5.41, 5.74) is 1.69. The van der Waals surface area contributed by atoms with Crippen molar-refractivity contribution in [2.75, 3.05) is 0 Å². The van der Waals surface area contributed by atoms with Crippen molar-refractivity contribution in [1.29, 1.82) is 0 Å². The molecule has 0 fully saturated rings. The van der Waals surface area contributed by atoms with Crippen LogP contribution in [0.4, 0.5) is 4.39 Å². The van der Waals surface area contributed by atoms with Crippen molar-refractivity contribution in [2.45, 2.75) is 26.7 Å². The van der Waals surface area contributed by atoms with Crippen molar-refractivity contribution < 1.29 is 9.18 Å². The van der Waals surface area contributed by atoms with Gasteiger partial charge in [0.05, 0.1) is 0 Å². The van der Waals surface area contributed by atoms with Gasteiger partial charge in [0.25, 0.3) is 0 Å². The van der Waals surface area contributed by atoms with Crippen molar-refractivity contribution in [2.24, 2.45) is 5.92 Å². The smallest absolute Gasteiger partial charge is 0.126 e. The number of hydrogen-bond donors (Lipinski definition) is 0. The van der Waals surface area contributed by atoms with E-state index in [1.807, 2.05) is 19.9 Å². The first-order valence-corrected chi connectivity index (χ1v) is 4.90. The van der Waals surface area contributed by atoms with Crippen LogP contribution in [0.5, 0.6) is 0 Å². The summed E-state index contributed by atoms with van der Waals surface area (Å²) in [6, 6.07) is 5.05. The summed E-state index contributed by atoms with van der Waals surface area (Å²) in [7, 11) is 0.